The van der Waals surface area contributed by atoms with E-state index in [0.29, 0.717) is 12.2 Å². The first-order valence-electron chi connectivity index (χ1n) is 12.4. The number of rotatable bonds is 11. The van der Waals surface area contributed by atoms with Gasteiger partial charge in [0, 0.05) is 19.7 Å². The van der Waals surface area contributed by atoms with Crippen molar-refractivity contribution in [2.75, 3.05) is 25.0 Å². The minimum Gasteiger partial charge on any atom is -0.497 e. The Balaban J connectivity index is 2.08. The highest BCUT2D eigenvalue weighted by Crippen LogP contribution is 2.28. The monoisotopic (exact) mass is 537 g/mol. The van der Waals surface area contributed by atoms with Crippen LogP contribution < -0.4 is 14.4 Å². The van der Waals surface area contributed by atoms with Gasteiger partial charge in [0.05, 0.1) is 17.7 Å². The SMILES string of the molecule is CC[C@@H](C(=O)NC)N(Cc1cccc(C)c1)C(=O)CN(c1cccc(OC)c1)S(=O)(=O)c1ccc(C)cc1. The molecule has 1 N–H and O–H groups in total. The average Bonchev–Trinajstić information content (AvgIpc) is 2.91. The van der Waals surface area contributed by atoms with Gasteiger partial charge in [-0.3, -0.25) is 13.9 Å². The van der Waals surface area contributed by atoms with Crippen LogP contribution in [0.15, 0.2) is 77.7 Å². The molecule has 2 amide bonds. The van der Waals surface area contributed by atoms with Crippen LogP contribution in [0.2, 0.25) is 0 Å². The summed E-state index contributed by atoms with van der Waals surface area (Å²) in [6.45, 7) is 5.29. The number of hydrogen-bond acceptors (Lipinski definition) is 5. The predicted octanol–water partition coefficient (Wildman–Crippen LogP) is 4.06. The molecule has 0 aliphatic carbocycles. The zero-order valence-corrected chi connectivity index (χ0v) is 23.3. The lowest BCUT2D eigenvalue weighted by Crippen LogP contribution is -2.51. The maximum absolute atomic E-state index is 13.9. The van der Waals surface area contributed by atoms with Crippen LogP contribution in [0.3, 0.4) is 0 Å². The number of methoxy groups -OCH3 is 1. The minimum absolute atomic E-state index is 0.0577. The van der Waals surface area contributed by atoms with E-state index in [1.807, 2.05) is 45.0 Å². The molecular weight excluding hydrogens is 502 g/mol. The first-order chi connectivity index (χ1) is 18.1. The van der Waals surface area contributed by atoms with Crippen LogP contribution in [0, 0.1) is 13.8 Å². The molecule has 8 nitrogen and oxygen atoms in total. The predicted molar refractivity (Wildman–Crippen MR) is 149 cm³/mol. The van der Waals surface area contributed by atoms with Crippen molar-refractivity contribution in [3.8, 4) is 5.75 Å². The van der Waals surface area contributed by atoms with E-state index >= 15 is 0 Å². The van der Waals surface area contributed by atoms with E-state index in [9.17, 15) is 18.0 Å². The Bertz CT molecular complexity index is 1370. The molecular formula is C29H35N3O5S. The van der Waals surface area contributed by atoms with Crippen molar-refractivity contribution in [3.05, 3.63) is 89.5 Å². The molecule has 0 fully saturated rings. The summed E-state index contributed by atoms with van der Waals surface area (Å²) in [6, 6.07) is 19.9. The van der Waals surface area contributed by atoms with E-state index in [-0.39, 0.29) is 23.0 Å². The molecule has 0 radical (unpaired) electrons. The number of ether oxygens (including phenoxy) is 1. The molecule has 1 atom stereocenters. The number of benzene rings is 3. The maximum Gasteiger partial charge on any atom is 0.264 e. The number of carbonyl (C=O) groups excluding carboxylic acids is 2. The number of amides is 2. The quantitative estimate of drug-likeness (QED) is 0.398. The molecule has 0 aromatic heterocycles. The van der Waals surface area contributed by atoms with Gasteiger partial charge >= 0.3 is 0 Å². The number of aryl methyl sites for hydroxylation is 2. The molecule has 9 heteroatoms. The first kappa shape index (κ1) is 28.7. The fraction of sp³-hybridized carbons (Fsp3) is 0.310. The highest BCUT2D eigenvalue weighted by Gasteiger charge is 2.33. The molecule has 3 aromatic carbocycles. The molecule has 38 heavy (non-hydrogen) atoms. The highest BCUT2D eigenvalue weighted by molar-refractivity contribution is 7.92. The molecule has 0 unspecified atom stereocenters. The lowest BCUT2D eigenvalue weighted by Gasteiger charge is -2.33. The van der Waals surface area contributed by atoms with Gasteiger partial charge in [-0.05, 0) is 50.1 Å². The Labute approximate surface area is 225 Å². The number of nitrogens with one attached hydrogen (secondary N) is 1. The van der Waals surface area contributed by atoms with Crippen LogP contribution in [0.25, 0.3) is 0 Å². The summed E-state index contributed by atoms with van der Waals surface area (Å²) in [7, 11) is -1.13. The summed E-state index contributed by atoms with van der Waals surface area (Å²) < 4.78 is 34.1. The van der Waals surface area contributed by atoms with Crippen molar-refractivity contribution in [3.63, 3.8) is 0 Å². The Morgan fingerprint density at radius 3 is 2.24 bits per heavy atom. The summed E-state index contributed by atoms with van der Waals surface area (Å²) in [5.41, 5.74) is 3.05. The van der Waals surface area contributed by atoms with Gasteiger partial charge in [0.2, 0.25) is 11.8 Å². The summed E-state index contributed by atoms with van der Waals surface area (Å²) >= 11 is 0. The highest BCUT2D eigenvalue weighted by atomic mass is 32.2. The van der Waals surface area contributed by atoms with Gasteiger partial charge in [0.25, 0.3) is 10.0 Å². The Kier molecular flexibility index (Phi) is 9.52. The zero-order valence-electron chi connectivity index (χ0n) is 22.5. The molecule has 0 bridgehead atoms. The van der Waals surface area contributed by atoms with Gasteiger partial charge in [0.15, 0.2) is 0 Å². The van der Waals surface area contributed by atoms with Gasteiger partial charge in [-0.1, -0.05) is 60.5 Å². The van der Waals surface area contributed by atoms with Gasteiger partial charge in [0.1, 0.15) is 18.3 Å². The van der Waals surface area contributed by atoms with Crippen molar-refractivity contribution in [2.45, 2.75) is 44.7 Å². The van der Waals surface area contributed by atoms with Gasteiger partial charge in [-0.15, -0.1) is 0 Å². The van der Waals surface area contributed by atoms with Crippen LogP contribution >= 0.6 is 0 Å². The second kappa shape index (κ2) is 12.6. The van der Waals surface area contributed by atoms with E-state index < -0.39 is 28.5 Å². The summed E-state index contributed by atoms with van der Waals surface area (Å²) in [4.78, 5) is 28.2. The maximum atomic E-state index is 13.9. The molecule has 0 aliphatic rings. The van der Waals surface area contributed by atoms with Crippen molar-refractivity contribution >= 4 is 27.5 Å². The summed E-state index contributed by atoms with van der Waals surface area (Å²) in [5.74, 6) is -0.365. The smallest absolute Gasteiger partial charge is 0.264 e. The normalized spacial score (nSPS) is 11.9. The molecule has 0 saturated carbocycles. The molecule has 0 saturated heterocycles. The lowest BCUT2D eigenvalue weighted by molar-refractivity contribution is -0.140. The second-order valence-corrected chi connectivity index (χ2v) is 10.9. The van der Waals surface area contributed by atoms with Crippen LogP contribution in [0.1, 0.15) is 30.0 Å². The van der Waals surface area contributed by atoms with Crippen molar-refractivity contribution in [2.24, 2.45) is 0 Å². The zero-order chi connectivity index (χ0) is 27.9. The van der Waals surface area contributed by atoms with Crippen molar-refractivity contribution < 1.29 is 22.7 Å². The van der Waals surface area contributed by atoms with E-state index in [1.165, 1.54) is 31.2 Å². The third-order valence-corrected chi connectivity index (χ3v) is 8.08. The van der Waals surface area contributed by atoms with Crippen LogP contribution in [0.5, 0.6) is 5.75 Å². The van der Waals surface area contributed by atoms with E-state index in [2.05, 4.69) is 5.32 Å². The number of anilines is 1. The fourth-order valence-electron chi connectivity index (χ4n) is 4.23. The number of carbonyl (C=O) groups is 2. The van der Waals surface area contributed by atoms with Crippen LogP contribution in [-0.4, -0.2) is 51.9 Å². The van der Waals surface area contributed by atoms with Crippen LogP contribution in [0.4, 0.5) is 5.69 Å². The number of sulfonamides is 1. The van der Waals surface area contributed by atoms with Crippen molar-refractivity contribution in [1.29, 1.82) is 0 Å². The summed E-state index contributed by atoms with van der Waals surface area (Å²) in [5, 5.41) is 2.63. The number of hydrogen-bond donors (Lipinski definition) is 1. The standard InChI is InChI=1S/C29H35N3O5S/c1-6-27(29(34)30-4)31(19-23-10-7-9-22(3)17-23)28(33)20-32(24-11-8-12-25(18-24)37-5)38(35,36)26-15-13-21(2)14-16-26/h7-18,27H,6,19-20H2,1-5H3,(H,30,34)/t27-/m0/s1. The van der Waals surface area contributed by atoms with Gasteiger partial charge in [-0.25, -0.2) is 8.42 Å². The molecule has 202 valence electrons. The second-order valence-electron chi connectivity index (χ2n) is 9.08. The minimum atomic E-state index is -4.13. The Hall–Kier alpha value is -3.85. The third kappa shape index (κ3) is 6.72. The molecule has 0 spiro atoms. The van der Waals surface area contributed by atoms with Crippen molar-refractivity contribution in [1.82, 2.24) is 10.2 Å². The first-order valence-corrected chi connectivity index (χ1v) is 13.8. The van der Waals surface area contributed by atoms with E-state index in [0.717, 1.165) is 21.0 Å². The largest absolute Gasteiger partial charge is 0.497 e. The molecule has 3 aromatic rings. The molecule has 0 aliphatic heterocycles. The van der Waals surface area contributed by atoms with Crippen LogP contribution in [-0.2, 0) is 26.2 Å². The van der Waals surface area contributed by atoms with Gasteiger partial charge < -0.3 is 15.0 Å². The lowest BCUT2D eigenvalue weighted by atomic mass is 10.1. The Morgan fingerprint density at radius 2 is 1.63 bits per heavy atom. The summed E-state index contributed by atoms with van der Waals surface area (Å²) in [6.07, 6.45) is 0.362. The fourth-order valence-corrected chi connectivity index (χ4v) is 5.63. The average molecular weight is 538 g/mol. The van der Waals surface area contributed by atoms with Gasteiger partial charge in [-0.2, -0.15) is 0 Å². The van der Waals surface area contributed by atoms with E-state index in [1.54, 1.807) is 36.4 Å². The molecule has 0 heterocycles. The number of likely N-dealkylation sites (N-methyl/N-ethyl adjacent to an activating group) is 1. The third-order valence-electron chi connectivity index (χ3n) is 6.30. The molecule has 3 rings (SSSR count). The Morgan fingerprint density at radius 1 is 0.947 bits per heavy atom. The number of nitrogens with zero attached hydrogens (tertiary/aromatic N) is 2. The topological polar surface area (TPSA) is 96.0 Å². The van der Waals surface area contributed by atoms with E-state index in [4.69, 9.17) is 4.74 Å².